The van der Waals surface area contributed by atoms with Gasteiger partial charge in [0.15, 0.2) is 6.54 Å². The predicted octanol–water partition coefficient (Wildman–Crippen LogP) is -1.32. The van der Waals surface area contributed by atoms with E-state index < -0.39 is 0 Å². The van der Waals surface area contributed by atoms with Crippen molar-refractivity contribution in [3.63, 3.8) is 0 Å². The van der Waals surface area contributed by atoms with Crippen LogP contribution in [0.15, 0.2) is 36.5 Å². The fourth-order valence-corrected chi connectivity index (χ4v) is 2.43. The van der Waals surface area contributed by atoms with E-state index in [-0.39, 0.29) is 24.0 Å². The van der Waals surface area contributed by atoms with Gasteiger partial charge in [-0.15, -0.1) is 0 Å². The van der Waals surface area contributed by atoms with E-state index in [1.807, 2.05) is 29.1 Å². The molecule has 0 spiro atoms. The van der Waals surface area contributed by atoms with E-state index in [2.05, 4.69) is 29.1 Å². The van der Waals surface area contributed by atoms with Crippen LogP contribution in [0.2, 0.25) is 0 Å². The molecule has 1 aliphatic rings. The van der Waals surface area contributed by atoms with Crippen molar-refractivity contribution in [2.45, 2.75) is 19.9 Å². The minimum absolute atomic E-state index is 0. The van der Waals surface area contributed by atoms with Gasteiger partial charge in [-0.05, 0) is 0 Å². The van der Waals surface area contributed by atoms with Gasteiger partial charge in [0, 0.05) is 30.2 Å². The van der Waals surface area contributed by atoms with Gasteiger partial charge < -0.3 is 33.6 Å². The van der Waals surface area contributed by atoms with Crippen LogP contribution in [0.3, 0.4) is 0 Å². The monoisotopic (exact) mass is 412 g/mol. The Kier molecular flexibility index (Phi) is 6.50. The van der Waals surface area contributed by atoms with Crippen LogP contribution in [0.5, 0.6) is 0 Å². The number of hydrogen-bond acceptors (Lipinski definition) is 4. The number of halogens is 1. The van der Waals surface area contributed by atoms with Crippen molar-refractivity contribution in [1.29, 1.82) is 0 Å². The number of nitrogens with zero attached hydrogens (tertiary/aromatic N) is 4. The fraction of sp³-hybridized carbons (Fsp3) is 0.438. The predicted molar refractivity (Wildman–Crippen MR) is 81.0 cm³/mol. The Balaban J connectivity index is 0.00000176. The molecule has 0 aliphatic carbocycles. The summed E-state index contributed by atoms with van der Waals surface area (Å²) in [6.45, 7) is 6.25. The number of anilines is 1. The summed E-state index contributed by atoms with van der Waals surface area (Å²) < 4.78 is 7.41. The maximum Gasteiger partial charge on any atom is 0.291 e. The topological polar surface area (TPSA) is 42.1 Å². The molecule has 0 bridgehead atoms. The molecule has 3 rings (SSSR count). The summed E-state index contributed by atoms with van der Waals surface area (Å²) in [6.07, 6.45) is 3.08. The van der Waals surface area contributed by atoms with Gasteiger partial charge in [0.1, 0.15) is 5.69 Å². The average molecular weight is 412 g/mol. The van der Waals surface area contributed by atoms with Crippen molar-refractivity contribution in [2.24, 2.45) is 0 Å². The van der Waals surface area contributed by atoms with Crippen LogP contribution in [0.4, 0.5) is 5.95 Å². The van der Waals surface area contributed by atoms with Gasteiger partial charge in [-0.25, -0.2) is 4.98 Å². The third kappa shape index (κ3) is 4.13. The van der Waals surface area contributed by atoms with E-state index in [4.69, 9.17) is 9.72 Å². The molecule has 2 heterocycles. The Morgan fingerprint density at radius 2 is 1.91 bits per heavy atom. The highest BCUT2D eigenvalue weighted by Gasteiger charge is 2.19. The number of morpholine rings is 1. The lowest BCUT2D eigenvalue weighted by Gasteiger charge is -2.25. The van der Waals surface area contributed by atoms with Crippen molar-refractivity contribution < 1.29 is 33.4 Å². The first kappa shape index (κ1) is 17.1. The first-order chi connectivity index (χ1) is 10.4. The number of hydrogen-bond donors (Lipinski definition) is 0. The number of rotatable bonds is 4. The minimum Gasteiger partial charge on any atom is -1.00 e. The molecule has 1 fully saturated rings. The summed E-state index contributed by atoms with van der Waals surface area (Å²) in [5.41, 5.74) is 2.10. The summed E-state index contributed by atoms with van der Waals surface area (Å²) in [7, 11) is 0. The van der Waals surface area contributed by atoms with Crippen molar-refractivity contribution in [3.05, 3.63) is 36.5 Å². The molecular weight excluding hydrogens is 391 g/mol. The largest absolute Gasteiger partial charge is 1.00 e. The molecule has 0 unspecified atom stereocenters. The fourth-order valence-electron chi connectivity index (χ4n) is 2.43. The Hall–Kier alpha value is -1.28. The minimum atomic E-state index is 0. The molecule has 1 aliphatic heterocycles. The lowest BCUT2D eigenvalue weighted by atomic mass is 10.2. The van der Waals surface area contributed by atoms with Crippen LogP contribution in [0.25, 0.3) is 11.3 Å². The van der Waals surface area contributed by atoms with Gasteiger partial charge in [0.25, 0.3) is 5.95 Å². The molecule has 2 aromatic rings. The quantitative estimate of drug-likeness (QED) is 0.462. The molecule has 0 amide bonds. The van der Waals surface area contributed by atoms with Gasteiger partial charge in [-0.1, -0.05) is 41.9 Å². The molecule has 0 atom stereocenters. The van der Waals surface area contributed by atoms with Crippen molar-refractivity contribution >= 4 is 5.95 Å². The summed E-state index contributed by atoms with van der Waals surface area (Å²) in [6, 6.07) is 10.3. The third-order valence-electron chi connectivity index (χ3n) is 3.53. The first-order valence-electron chi connectivity index (χ1n) is 7.54. The number of ether oxygens (including phenoxy) is 1. The van der Waals surface area contributed by atoms with Crippen molar-refractivity contribution in [2.75, 3.05) is 31.2 Å². The van der Waals surface area contributed by atoms with E-state index in [0.717, 1.165) is 56.5 Å². The molecule has 1 saturated heterocycles. The molecular formula is C16H21IN4O. The first-order valence-corrected chi connectivity index (χ1v) is 7.54. The van der Waals surface area contributed by atoms with Crippen LogP contribution in [-0.4, -0.2) is 36.4 Å². The summed E-state index contributed by atoms with van der Waals surface area (Å²) in [5, 5.41) is 4.65. The van der Waals surface area contributed by atoms with Gasteiger partial charge in [0.2, 0.25) is 6.20 Å². The molecule has 0 radical (unpaired) electrons. The van der Waals surface area contributed by atoms with Gasteiger partial charge in [-0.2, -0.15) is 0 Å². The smallest absolute Gasteiger partial charge is 0.291 e. The van der Waals surface area contributed by atoms with E-state index in [1.54, 1.807) is 0 Å². The highest BCUT2D eigenvalue weighted by Crippen LogP contribution is 2.17. The highest BCUT2D eigenvalue weighted by atomic mass is 127. The molecule has 118 valence electrons. The average Bonchev–Trinajstić information content (AvgIpc) is 2.56. The van der Waals surface area contributed by atoms with Crippen LogP contribution in [0, 0.1) is 0 Å². The number of aryl methyl sites for hydroxylation is 1. The third-order valence-corrected chi connectivity index (χ3v) is 3.53. The Morgan fingerprint density at radius 1 is 1.18 bits per heavy atom. The van der Waals surface area contributed by atoms with E-state index in [0.29, 0.717) is 0 Å². The normalized spacial score (nSPS) is 14.5. The van der Waals surface area contributed by atoms with Gasteiger partial charge >= 0.3 is 0 Å². The molecule has 5 nitrogen and oxygen atoms in total. The Labute approximate surface area is 148 Å². The second-order valence-electron chi connectivity index (χ2n) is 5.15. The van der Waals surface area contributed by atoms with Crippen LogP contribution < -0.4 is 33.6 Å². The number of aromatic nitrogens is 3. The number of benzene rings is 1. The second kappa shape index (κ2) is 8.38. The SMILES string of the molecule is CCC[n+]1cc(-c2ccccc2)nc(N2CCOCC2)n1.[I-]. The summed E-state index contributed by atoms with van der Waals surface area (Å²) in [4.78, 5) is 6.94. The maximum atomic E-state index is 5.41. The zero-order valence-corrected chi connectivity index (χ0v) is 14.9. The van der Waals surface area contributed by atoms with E-state index in [1.165, 1.54) is 0 Å². The summed E-state index contributed by atoms with van der Waals surface area (Å²) >= 11 is 0. The van der Waals surface area contributed by atoms with Crippen molar-refractivity contribution in [1.82, 2.24) is 10.1 Å². The molecule has 0 N–H and O–H groups in total. The molecule has 22 heavy (non-hydrogen) atoms. The zero-order chi connectivity index (χ0) is 14.5. The Morgan fingerprint density at radius 3 is 2.59 bits per heavy atom. The lowest BCUT2D eigenvalue weighted by Crippen LogP contribution is -3.00. The van der Waals surface area contributed by atoms with Gasteiger partial charge in [0.05, 0.1) is 13.2 Å². The summed E-state index contributed by atoms with van der Waals surface area (Å²) in [5.74, 6) is 0.799. The van der Waals surface area contributed by atoms with Crippen LogP contribution in [0.1, 0.15) is 13.3 Å². The Bertz CT molecular complexity index is 588. The molecule has 6 heteroatoms. The van der Waals surface area contributed by atoms with E-state index in [9.17, 15) is 0 Å². The van der Waals surface area contributed by atoms with Crippen LogP contribution in [-0.2, 0) is 11.3 Å². The highest BCUT2D eigenvalue weighted by molar-refractivity contribution is 5.58. The van der Waals surface area contributed by atoms with Gasteiger partial charge in [-0.3, -0.25) is 0 Å². The standard InChI is InChI=1S/C16H21N4O.HI/c1-2-8-20-13-15(14-6-4-3-5-7-14)17-16(18-20)19-9-11-21-12-10-19;/h3-7,13H,2,8-12H2,1H3;1H/q+1;/p-1. The van der Waals surface area contributed by atoms with E-state index >= 15 is 0 Å². The second-order valence-corrected chi connectivity index (χ2v) is 5.15. The molecule has 1 aromatic heterocycles. The van der Waals surface area contributed by atoms with Crippen LogP contribution >= 0.6 is 0 Å². The zero-order valence-electron chi connectivity index (χ0n) is 12.8. The lowest BCUT2D eigenvalue weighted by molar-refractivity contribution is -0.752. The molecule has 1 aromatic carbocycles. The molecule has 0 saturated carbocycles. The maximum absolute atomic E-state index is 5.41. The van der Waals surface area contributed by atoms with Crippen molar-refractivity contribution in [3.8, 4) is 11.3 Å².